The van der Waals surface area contributed by atoms with Crippen molar-refractivity contribution in [1.29, 1.82) is 0 Å². The zero-order valence-electron chi connectivity index (χ0n) is 21.7. The Morgan fingerprint density at radius 3 is 2.17 bits per heavy atom. The lowest BCUT2D eigenvalue weighted by Crippen LogP contribution is -2.31. The molecule has 0 saturated heterocycles. The third kappa shape index (κ3) is 5.17. The van der Waals surface area contributed by atoms with Crippen molar-refractivity contribution in [2.75, 3.05) is 20.3 Å². The van der Waals surface area contributed by atoms with E-state index in [1.54, 1.807) is 23.1 Å². The van der Waals surface area contributed by atoms with E-state index in [0.717, 1.165) is 0 Å². The topological polar surface area (TPSA) is 71.4 Å². The number of aromatic hydroxyl groups is 1. The summed E-state index contributed by atoms with van der Waals surface area (Å²) in [5.41, 5.74) is 2.15. The fourth-order valence-corrected chi connectivity index (χ4v) is 4.75. The first kappa shape index (κ1) is 27.0. The highest BCUT2D eigenvalue weighted by Gasteiger charge is 2.35. The zero-order chi connectivity index (χ0) is 26.3. The number of hydrogen-bond donors (Lipinski definition) is 1. The number of benzene rings is 2. The second-order valence-electron chi connectivity index (χ2n) is 10.8. The van der Waals surface area contributed by atoms with E-state index < -0.39 is 5.82 Å². The number of phenols is 1. The number of methoxy groups -OCH3 is 1. The average Bonchev–Trinajstić information content (AvgIpc) is 3.09. The SMILES string of the molecule is CCOc1cc2c(c(F)c1OC)C(=NBr)N(CC(=O)c1cc(C(C)(C)C)c(O)c(C(C)(C)C)c1)C2. The Hall–Kier alpha value is -2.61. The summed E-state index contributed by atoms with van der Waals surface area (Å²) < 4.78 is 30.3. The second kappa shape index (κ2) is 9.80. The van der Waals surface area contributed by atoms with Crippen molar-refractivity contribution < 1.29 is 23.8 Å². The van der Waals surface area contributed by atoms with Crippen LogP contribution in [0.3, 0.4) is 0 Å². The van der Waals surface area contributed by atoms with E-state index in [0.29, 0.717) is 47.0 Å². The molecule has 0 saturated carbocycles. The maximum Gasteiger partial charge on any atom is 0.197 e. The lowest BCUT2D eigenvalue weighted by molar-refractivity contribution is 0.0962. The molecular weight excluding hydrogens is 515 g/mol. The molecule has 0 fully saturated rings. The van der Waals surface area contributed by atoms with Crippen molar-refractivity contribution >= 4 is 27.8 Å². The van der Waals surface area contributed by atoms with Gasteiger partial charge in [-0.3, -0.25) is 4.79 Å². The average molecular weight is 549 g/mol. The predicted octanol–water partition coefficient (Wildman–Crippen LogP) is 6.29. The van der Waals surface area contributed by atoms with Crippen LogP contribution in [0.15, 0.2) is 22.2 Å². The molecule has 2 aromatic rings. The molecule has 3 rings (SSSR count). The number of amidine groups is 1. The van der Waals surface area contributed by atoms with Crippen molar-refractivity contribution in [3.63, 3.8) is 0 Å². The van der Waals surface area contributed by atoms with E-state index in [2.05, 4.69) is 20.2 Å². The first-order valence-electron chi connectivity index (χ1n) is 11.6. The predicted molar refractivity (Wildman–Crippen MR) is 140 cm³/mol. The number of nitrogens with zero attached hydrogens (tertiary/aromatic N) is 2. The molecule has 1 heterocycles. The van der Waals surface area contributed by atoms with Gasteiger partial charge in [0.05, 0.1) is 42.0 Å². The zero-order valence-corrected chi connectivity index (χ0v) is 23.3. The Labute approximate surface area is 215 Å². The maximum absolute atomic E-state index is 15.4. The first-order valence-corrected chi connectivity index (χ1v) is 12.3. The van der Waals surface area contributed by atoms with E-state index in [1.165, 1.54) is 7.11 Å². The van der Waals surface area contributed by atoms with Crippen LogP contribution in [0.25, 0.3) is 0 Å². The van der Waals surface area contributed by atoms with E-state index in [1.807, 2.05) is 48.5 Å². The normalized spacial score (nSPS) is 14.9. The Bertz CT molecular complexity index is 1140. The van der Waals surface area contributed by atoms with Gasteiger partial charge in [-0.1, -0.05) is 41.5 Å². The van der Waals surface area contributed by atoms with Gasteiger partial charge in [0.15, 0.2) is 23.1 Å². The second-order valence-corrected chi connectivity index (χ2v) is 11.2. The maximum atomic E-state index is 15.4. The van der Waals surface area contributed by atoms with Gasteiger partial charge < -0.3 is 19.5 Å². The molecule has 0 radical (unpaired) electrons. The molecule has 1 aliphatic rings. The van der Waals surface area contributed by atoms with Crippen molar-refractivity contribution in [1.82, 2.24) is 4.90 Å². The van der Waals surface area contributed by atoms with Gasteiger partial charge >= 0.3 is 0 Å². The summed E-state index contributed by atoms with van der Waals surface area (Å²) in [4.78, 5) is 15.2. The summed E-state index contributed by atoms with van der Waals surface area (Å²) in [6.07, 6.45) is 0. The molecule has 0 unspecified atom stereocenters. The fourth-order valence-electron chi connectivity index (χ4n) is 4.35. The molecule has 0 atom stereocenters. The standard InChI is InChI=1S/C27H34BrFN2O4/c1-9-35-20-12-16-13-31(25(30-28)21(16)22(29)24(20)34-8)14-19(32)15-10-17(26(2,3)4)23(33)18(11-15)27(5,6)7/h10-12,33H,9,13-14H2,1-8H3. The number of ketones is 1. The van der Waals surface area contributed by atoms with Crippen LogP contribution in [0.2, 0.25) is 0 Å². The van der Waals surface area contributed by atoms with Crippen LogP contribution in [0.1, 0.15) is 81.1 Å². The summed E-state index contributed by atoms with van der Waals surface area (Å²) in [7, 11) is 1.39. The fraction of sp³-hybridized carbons (Fsp3) is 0.481. The molecule has 0 spiro atoms. The van der Waals surface area contributed by atoms with Crippen molar-refractivity contribution in [2.24, 2.45) is 4.02 Å². The summed E-state index contributed by atoms with van der Waals surface area (Å²) in [6.45, 7) is 14.5. The molecule has 6 nitrogen and oxygen atoms in total. The van der Waals surface area contributed by atoms with E-state index >= 15 is 4.39 Å². The Morgan fingerprint density at radius 2 is 1.71 bits per heavy atom. The van der Waals surface area contributed by atoms with E-state index in [-0.39, 0.29) is 40.2 Å². The molecule has 0 aromatic heterocycles. The summed E-state index contributed by atoms with van der Waals surface area (Å²) in [5.74, 6) is 0.136. The van der Waals surface area contributed by atoms with Crippen LogP contribution in [-0.2, 0) is 17.4 Å². The summed E-state index contributed by atoms with van der Waals surface area (Å²) >= 11 is 3.11. The smallest absolute Gasteiger partial charge is 0.197 e. The van der Waals surface area contributed by atoms with E-state index in [4.69, 9.17) is 9.47 Å². The number of phenolic OH excluding ortho intramolecular Hbond substituents is 1. The van der Waals surface area contributed by atoms with Crippen LogP contribution >= 0.6 is 16.1 Å². The quantitative estimate of drug-likeness (QED) is 0.429. The number of rotatable bonds is 6. The molecule has 0 amide bonds. The number of carbonyl (C=O) groups is 1. The third-order valence-corrected chi connectivity index (χ3v) is 6.46. The molecule has 1 N–H and O–H groups in total. The minimum Gasteiger partial charge on any atom is -0.507 e. The van der Waals surface area contributed by atoms with Gasteiger partial charge in [-0.25, -0.2) is 4.39 Å². The number of carbonyl (C=O) groups excluding carboxylic acids is 1. The van der Waals surface area contributed by atoms with Crippen molar-refractivity contribution in [3.05, 3.63) is 51.8 Å². The molecule has 0 bridgehead atoms. The summed E-state index contributed by atoms with van der Waals surface area (Å²) in [5, 5.41) is 11.0. The molecule has 2 aromatic carbocycles. The van der Waals surface area contributed by atoms with Crippen LogP contribution in [-0.4, -0.2) is 41.9 Å². The Balaban J connectivity index is 2.02. The van der Waals surface area contributed by atoms with Crippen molar-refractivity contribution in [3.8, 4) is 17.2 Å². The van der Waals surface area contributed by atoms with Gasteiger partial charge in [0, 0.05) is 23.2 Å². The van der Waals surface area contributed by atoms with E-state index in [9.17, 15) is 9.90 Å². The highest BCUT2D eigenvalue weighted by atomic mass is 79.9. The van der Waals surface area contributed by atoms with Gasteiger partial charge in [0.1, 0.15) is 11.6 Å². The minimum absolute atomic E-state index is 0.00981. The van der Waals surface area contributed by atoms with Gasteiger partial charge in [0.2, 0.25) is 0 Å². The monoisotopic (exact) mass is 548 g/mol. The molecule has 1 aliphatic heterocycles. The lowest BCUT2D eigenvalue weighted by atomic mass is 9.78. The third-order valence-electron chi connectivity index (χ3n) is 6.12. The Kier molecular flexibility index (Phi) is 7.56. The van der Waals surface area contributed by atoms with Crippen LogP contribution in [0.4, 0.5) is 4.39 Å². The van der Waals surface area contributed by atoms with Crippen LogP contribution in [0, 0.1) is 5.82 Å². The molecule has 35 heavy (non-hydrogen) atoms. The molecule has 190 valence electrons. The van der Waals surface area contributed by atoms with Crippen LogP contribution < -0.4 is 9.47 Å². The number of hydrogen-bond acceptors (Lipinski definition) is 5. The number of fused-ring (bicyclic) bond motifs is 1. The van der Waals surface area contributed by atoms with Crippen molar-refractivity contribution in [2.45, 2.75) is 65.8 Å². The Morgan fingerprint density at radius 1 is 1.14 bits per heavy atom. The lowest BCUT2D eigenvalue weighted by Gasteiger charge is -2.28. The summed E-state index contributed by atoms with van der Waals surface area (Å²) in [6, 6.07) is 5.26. The van der Waals surface area contributed by atoms with Gasteiger partial charge in [0.25, 0.3) is 0 Å². The number of Topliss-reactive ketones (excluding diaryl/α,β-unsaturated/α-hetero) is 1. The number of halogens is 2. The van der Waals surface area contributed by atoms with Gasteiger partial charge in [-0.15, -0.1) is 0 Å². The molecular formula is C27H34BrFN2O4. The molecule has 0 aliphatic carbocycles. The van der Waals surface area contributed by atoms with Gasteiger partial charge in [-0.2, -0.15) is 4.02 Å². The highest BCUT2D eigenvalue weighted by molar-refractivity contribution is 9.08. The molecule has 8 heteroatoms. The highest BCUT2D eigenvalue weighted by Crippen LogP contribution is 2.41. The number of ether oxygens (including phenoxy) is 2. The van der Waals surface area contributed by atoms with Crippen LogP contribution in [0.5, 0.6) is 17.2 Å². The van der Waals surface area contributed by atoms with Gasteiger partial charge in [-0.05, 0) is 41.5 Å². The first-order chi connectivity index (χ1) is 16.2. The largest absolute Gasteiger partial charge is 0.507 e. The minimum atomic E-state index is -0.573.